The van der Waals surface area contributed by atoms with Crippen molar-refractivity contribution < 1.29 is 10.0 Å². The average molecular weight is 744 g/mol. The first-order valence-electron chi connectivity index (χ1n) is 19.7. The molecule has 0 radical (unpaired) electrons. The van der Waals surface area contributed by atoms with Crippen molar-refractivity contribution in [3.63, 3.8) is 0 Å². The van der Waals surface area contributed by atoms with Gasteiger partial charge in [-0.25, -0.2) is 4.98 Å². The lowest BCUT2D eigenvalue weighted by atomic mass is 9.67. The molecule has 1 heterocycles. The molecule has 2 N–H and O–H groups in total. The van der Waals surface area contributed by atoms with E-state index < -0.39 is 12.5 Å². The van der Waals surface area contributed by atoms with E-state index in [1.165, 1.54) is 38.9 Å². The Hall–Kier alpha value is -7.11. The predicted octanol–water partition coefficient (Wildman–Crippen LogP) is 11.5. The Morgan fingerprint density at radius 2 is 0.741 bits per heavy atom. The fraction of sp³-hybridized carbons (Fsp3) is 0.0185. The van der Waals surface area contributed by atoms with E-state index in [0.29, 0.717) is 5.46 Å². The molecule has 0 saturated heterocycles. The summed E-state index contributed by atoms with van der Waals surface area (Å²) < 4.78 is 0. The highest BCUT2D eigenvalue weighted by atomic mass is 16.4. The zero-order chi connectivity index (χ0) is 39.1. The first-order chi connectivity index (χ1) is 28.6. The van der Waals surface area contributed by atoms with Crippen molar-refractivity contribution >= 4 is 12.6 Å². The third kappa shape index (κ3) is 6.16. The molecule has 1 aliphatic rings. The molecule has 4 heteroatoms. The van der Waals surface area contributed by atoms with Crippen molar-refractivity contribution in [2.45, 2.75) is 5.41 Å². The molecule has 0 amide bonds. The van der Waals surface area contributed by atoms with E-state index in [0.717, 1.165) is 50.3 Å². The number of hydrogen-bond acceptors (Lipinski definition) is 3. The summed E-state index contributed by atoms with van der Waals surface area (Å²) in [6, 6.07) is 77.0. The van der Waals surface area contributed by atoms with Gasteiger partial charge in [-0.1, -0.05) is 200 Å². The average Bonchev–Trinajstić information content (AvgIpc) is 3.60. The smallest absolute Gasteiger partial charge is 0.423 e. The Balaban J connectivity index is 1.13. The maximum atomic E-state index is 9.59. The maximum absolute atomic E-state index is 9.59. The Morgan fingerprint density at radius 1 is 0.328 bits per heavy atom. The van der Waals surface area contributed by atoms with Crippen molar-refractivity contribution in [3.05, 3.63) is 241 Å². The Morgan fingerprint density at radius 3 is 1.28 bits per heavy atom. The van der Waals surface area contributed by atoms with Gasteiger partial charge in [0.15, 0.2) is 0 Å². The zero-order valence-corrected chi connectivity index (χ0v) is 31.7. The van der Waals surface area contributed by atoms with Gasteiger partial charge in [0.1, 0.15) is 0 Å². The van der Waals surface area contributed by atoms with Crippen LogP contribution in [0.15, 0.2) is 218 Å². The van der Waals surface area contributed by atoms with E-state index >= 15 is 0 Å². The second-order valence-electron chi connectivity index (χ2n) is 14.9. The number of fused-ring (bicyclic) bond motifs is 3. The van der Waals surface area contributed by atoms with Gasteiger partial charge in [-0.15, -0.1) is 0 Å². The molecule has 0 unspecified atom stereocenters. The summed E-state index contributed by atoms with van der Waals surface area (Å²) in [4.78, 5) is 5.31. The highest BCUT2D eigenvalue weighted by Crippen LogP contribution is 2.56. The van der Waals surface area contributed by atoms with Crippen molar-refractivity contribution in [1.29, 1.82) is 0 Å². The highest BCUT2D eigenvalue weighted by Gasteiger charge is 2.46. The van der Waals surface area contributed by atoms with Gasteiger partial charge in [0.05, 0.1) is 16.8 Å². The number of benzene rings is 8. The molecule has 3 nitrogen and oxygen atoms in total. The fourth-order valence-corrected chi connectivity index (χ4v) is 8.76. The van der Waals surface area contributed by atoms with E-state index in [1.807, 2.05) is 18.2 Å². The minimum absolute atomic E-state index is 0.464. The Bertz CT molecular complexity index is 2840. The number of aromatic nitrogens is 1. The van der Waals surface area contributed by atoms with Crippen LogP contribution in [-0.2, 0) is 5.41 Å². The van der Waals surface area contributed by atoms with Gasteiger partial charge in [0, 0.05) is 11.1 Å². The molecule has 0 fully saturated rings. The summed E-state index contributed by atoms with van der Waals surface area (Å²) in [5.41, 5.74) is 17.9. The van der Waals surface area contributed by atoms with Crippen LogP contribution in [0.5, 0.6) is 0 Å². The van der Waals surface area contributed by atoms with Crippen LogP contribution in [0, 0.1) is 0 Å². The highest BCUT2D eigenvalue weighted by molar-refractivity contribution is 6.58. The molecule has 0 bridgehead atoms. The quantitative estimate of drug-likeness (QED) is 0.152. The molecule has 0 saturated carbocycles. The first kappa shape index (κ1) is 35.3. The molecule has 8 aromatic carbocycles. The topological polar surface area (TPSA) is 53.4 Å². The Labute approximate surface area is 339 Å². The van der Waals surface area contributed by atoms with Gasteiger partial charge in [-0.3, -0.25) is 0 Å². The van der Waals surface area contributed by atoms with Crippen molar-refractivity contribution in [1.82, 2.24) is 4.98 Å². The molecule has 10 rings (SSSR count). The van der Waals surface area contributed by atoms with Crippen molar-refractivity contribution in [2.24, 2.45) is 0 Å². The van der Waals surface area contributed by atoms with E-state index in [-0.39, 0.29) is 0 Å². The SMILES string of the molecule is OB(O)c1ccc(-c2ccc(-c3cc(-c4ccc5c(c4)C(c4ccccc4)(c4ccccc4)c4ccccc4-5)cc(-c4ccc(-c5ccccc5)cc4)n3)cc2)cc1. The fourth-order valence-electron chi connectivity index (χ4n) is 8.76. The van der Waals surface area contributed by atoms with Gasteiger partial charge < -0.3 is 10.0 Å². The van der Waals surface area contributed by atoms with Crippen LogP contribution in [0.25, 0.3) is 67.0 Å². The number of nitrogens with zero attached hydrogens (tertiary/aromatic N) is 1. The lowest BCUT2D eigenvalue weighted by molar-refractivity contribution is 0.426. The van der Waals surface area contributed by atoms with Gasteiger partial charge in [-0.05, 0) is 90.4 Å². The molecule has 1 aromatic heterocycles. The minimum atomic E-state index is -1.49. The molecular formula is C54H38BNO2. The number of hydrogen-bond donors (Lipinski definition) is 2. The minimum Gasteiger partial charge on any atom is -0.423 e. The van der Waals surface area contributed by atoms with Crippen LogP contribution in [0.3, 0.4) is 0 Å². The lowest BCUT2D eigenvalue weighted by Crippen LogP contribution is -2.29. The van der Waals surface area contributed by atoms with Gasteiger partial charge in [0.25, 0.3) is 0 Å². The number of pyridine rings is 1. The third-order valence-corrected chi connectivity index (χ3v) is 11.6. The van der Waals surface area contributed by atoms with Crippen LogP contribution < -0.4 is 5.46 Å². The normalized spacial score (nSPS) is 12.4. The molecule has 0 spiro atoms. The Kier molecular flexibility index (Phi) is 8.99. The summed E-state index contributed by atoms with van der Waals surface area (Å²) in [5, 5.41) is 19.2. The van der Waals surface area contributed by atoms with Crippen molar-refractivity contribution in [3.8, 4) is 67.0 Å². The monoisotopic (exact) mass is 743 g/mol. The summed E-state index contributed by atoms with van der Waals surface area (Å²) in [7, 11) is -1.49. The van der Waals surface area contributed by atoms with E-state index in [9.17, 15) is 10.0 Å². The zero-order valence-electron chi connectivity index (χ0n) is 31.7. The molecule has 0 atom stereocenters. The van der Waals surface area contributed by atoms with Crippen LogP contribution in [0.4, 0.5) is 0 Å². The second kappa shape index (κ2) is 14.8. The summed E-state index contributed by atoms with van der Waals surface area (Å²) >= 11 is 0. The maximum Gasteiger partial charge on any atom is 0.488 e. The first-order valence-corrected chi connectivity index (χ1v) is 19.7. The molecule has 0 aliphatic heterocycles. The van der Waals surface area contributed by atoms with Gasteiger partial charge >= 0.3 is 7.12 Å². The largest absolute Gasteiger partial charge is 0.488 e. The molecule has 58 heavy (non-hydrogen) atoms. The summed E-state index contributed by atoms with van der Waals surface area (Å²) in [6.45, 7) is 0. The van der Waals surface area contributed by atoms with Crippen LogP contribution in [0.1, 0.15) is 22.3 Å². The van der Waals surface area contributed by atoms with Crippen LogP contribution in [-0.4, -0.2) is 22.2 Å². The van der Waals surface area contributed by atoms with Crippen molar-refractivity contribution in [2.75, 3.05) is 0 Å². The summed E-state index contributed by atoms with van der Waals surface area (Å²) in [5.74, 6) is 0. The molecule has 9 aromatic rings. The molecule has 274 valence electrons. The van der Waals surface area contributed by atoms with E-state index in [2.05, 4.69) is 188 Å². The summed E-state index contributed by atoms with van der Waals surface area (Å²) in [6.07, 6.45) is 0. The molecule has 1 aliphatic carbocycles. The van der Waals surface area contributed by atoms with E-state index in [1.54, 1.807) is 12.1 Å². The van der Waals surface area contributed by atoms with Crippen LogP contribution in [0.2, 0.25) is 0 Å². The van der Waals surface area contributed by atoms with Gasteiger partial charge in [0.2, 0.25) is 0 Å². The van der Waals surface area contributed by atoms with Gasteiger partial charge in [-0.2, -0.15) is 0 Å². The second-order valence-corrected chi connectivity index (χ2v) is 14.9. The van der Waals surface area contributed by atoms with E-state index in [4.69, 9.17) is 4.98 Å². The molecular weight excluding hydrogens is 705 g/mol. The number of rotatable bonds is 8. The predicted molar refractivity (Wildman–Crippen MR) is 239 cm³/mol. The standard InChI is InChI=1S/C54H38BNO2/c57-55(58)47-31-28-40(29-32-47)39-22-26-42(27-23-39)53-36-44(35-52(56-53)41-24-20-38(21-25-41)37-12-4-1-5-13-37)43-30-33-49-48-18-10-11-19-50(48)54(51(49)34-43,45-14-6-2-7-15-45)46-16-8-3-9-17-46/h1-36,57-58H. The lowest BCUT2D eigenvalue weighted by Gasteiger charge is -2.34. The van der Waals surface area contributed by atoms with Crippen LogP contribution >= 0.6 is 0 Å². The third-order valence-electron chi connectivity index (χ3n) is 11.6.